The van der Waals surface area contributed by atoms with E-state index >= 15 is 0 Å². The first-order chi connectivity index (χ1) is 17.7. The van der Waals surface area contributed by atoms with Gasteiger partial charge in [0, 0.05) is 33.4 Å². The minimum atomic E-state index is -3.76. The molecule has 1 aromatic heterocycles. The van der Waals surface area contributed by atoms with Gasteiger partial charge in [-0.2, -0.15) is 0 Å². The number of aromatic nitrogens is 1. The van der Waals surface area contributed by atoms with Gasteiger partial charge in [0.2, 0.25) is 10.0 Å². The second-order valence-corrected chi connectivity index (χ2v) is 12.4. The van der Waals surface area contributed by atoms with Crippen molar-refractivity contribution in [3.8, 4) is 0 Å². The maximum atomic E-state index is 12.3. The molecule has 1 saturated carbocycles. The third-order valence-electron chi connectivity index (χ3n) is 6.40. The zero-order valence-corrected chi connectivity index (χ0v) is 23.5. The fourth-order valence-electron chi connectivity index (χ4n) is 4.38. The minimum absolute atomic E-state index is 0.0922. The van der Waals surface area contributed by atoms with E-state index in [1.807, 2.05) is 24.3 Å². The molecule has 11 heteroatoms. The number of carbonyl (C=O) groups is 1. The van der Waals surface area contributed by atoms with Crippen LogP contribution in [0.2, 0.25) is 0 Å². The first kappa shape index (κ1) is 25.9. The highest BCUT2D eigenvalue weighted by Gasteiger charge is 2.36. The number of nitrogens with two attached hydrogens (primary N) is 1. The number of sulfonamides is 1. The van der Waals surface area contributed by atoms with Crippen molar-refractivity contribution in [3.05, 3.63) is 81.0 Å². The van der Waals surface area contributed by atoms with Gasteiger partial charge in [0.1, 0.15) is 6.67 Å². The van der Waals surface area contributed by atoms with E-state index in [4.69, 9.17) is 9.88 Å². The lowest BCUT2D eigenvalue weighted by Crippen LogP contribution is -2.28. The number of halogens is 1. The zero-order chi connectivity index (χ0) is 26.2. The van der Waals surface area contributed by atoms with Crippen LogP contribution in [0.3, 0.4) is 0 Å². The summed E-state index contributed by atoms with van der Waals surface area (Å²) in [5, 5.41) is 7.79. The lowest BCUT2D eigenvalue weighted by atomic mass is 10.1. The number of primary sulfonamides is 1. The fraction of sp³-hybridized carbons (Fsp3) is 0.308. The highest BCUT2D eigenvalue weighted by atomic mass is 79.9. The van der Waals surface area contributed by atoms with Crippen molar-refractivity contribution in [2.24, 2.45) is 11.1 Å². The third-order valence-corrected chi connectivity index (χ3v) is 8.68. The number of hydrogen-bond donors (Lipinski definition) is 1. The van der Waals surface area contributed by atoms with Gasteiger partial charge < -0.3 is 14.5 Å². The van der Waals surface area contributed by atoms with E-state index in [-0.39, 0.29) is 4.90 Å². The molecule has 2 aliphatic rings. The van der Waals surface area contributed by atoms with E-state index in [9.17, 15) is 13.2 Å². The van der Waals surface area contributed by atoms with Crippen molar-refractivity contribution in [1.82, 2.24) is 4.98 Å². The second kappa shape index (κ2) is 10.6. The van der Waals surface area contributed by atoms with Crippen molar-refractivity contribution >= 4 is 54.1 Å². The van der Waals surface area contributed by atoms with Gasteiger partial charge in [0.25, 0.3) is 0 Å². The molecule has 0 atom stereocenters. The van der Waals surface area contributed by atoms with E-state index in [1.165, 1.54) is 29.9 Å². The molecule has 2 heterocycles. The zero-order valence-electron chi connectivity index (χ0n) is 20.3. The average Bonchev–Trinajstić information content (AvgIpc) is 3.42. The molecule has 0 amide bonds. The average molecular weight is 604 g/mol. The summed E-state index contributed by atoms with van der Waals surface area (Å²) >= 11 is 5.02. The molecule has 1 aliphatic carbocycles. The van der Waals surface area contributed by atoms with Crippen LogP contribution in [0.15, 0.2) is 74.7 Å². The van der Waals surface area contributed by atoms with Crippen molar-refractivity contribution in [3.63, 3.8) is 0 Å². The SMILES string of the molecule is CCOC(=O)c1csc(N2CN(c3cccc(Br)c3)C(Cc3ccc(S(N)(=O)=O)cc3)=C2CC2CC2)n1. The molecule has 37 heavy (non-hydrogen) atoms. The number of hydrogen-bond acceptors (Lipinski definition) is 8. The Balaban J connectivity index is 1.56. The van der Waals surface area contributed by atoms with E-state index in [0.29, 0.717) is 31.3 Å². The number of ether oxygens (including phenoxy) is 1. The smallest absolute Gasteiger partial charge is 0.357 e. The highest BCUT2D eigenvalue weighted by Crippen LogP contribution is 2.44. The van der Waals surface area contributed by atoms with Gasteiger partial charge >= 0.3 is 5.97 Å². The Morgan fingerprint density at radius 1 is 1.16 bits per heavy atom. The quantitative estimate of drug-likeness (QED) is 0.333. The van der Waals surface area contributed by atoms with Gasteiger partial charge in [-0.3, -0.25) is 0 Å². The van der Waals surface area contributed by atoms with Gasteiger partial charge in [-0.25, -0.2) is 23.3 Å². The van der Waals surface area contributed by atoms with E-state index in [2.05, 4.69) is 42.8 Å². The number of carbonyl (C=O) groups excluding carboxylic acids is 1. The topological polar surface area (TPSA) is 106 Å². The molecule has 0 spiro atoms. The van der Waals surface area contributed by atoms with Crippen molar-refractivity contribution in [2.75, 3.05) is 23.1 Å². The highest BCUT2D eigenvalue weighted by molar-refractivity contribution is 9.10. The molecule has 1 aliphatic heterocycles. The lowest BCUT2D eigenvalue weighted by molar-refractivity contribution is 0.0520. The van der Waals surface area contributed by atoms with Crippen molar-refractivity contribution in [1.29, 1.82) is 0 Å². The van der Waals surface area contributed by atoms with Crippen LogP contribution in [0.4, 0.5) is 10.8 Å². The molecule has 2 N–H and O–H groups in total. The Morgan fingerprint density at radius 2 is 1.92 bits per heavy atom. The summed E-state index contributed by atoms with van der Waals surface area (Å²) in [4.78, 5) is 21.5. The van der Waals surface area contributed by atoms with E-state index < -0.39 is 16.0 Å². The van der Waals surface area contributed by atoms with Gasteiger partial charge in [-0.15, -0.1) is 11.3 Å². The standard InChI is InChI=1S/C26H27BrN4O4S2/c1-2-35-25(32)22-15-36-26(29-22)31-16-30(20-5-3-4-19(27)14-20)23(24(31)13-17-6-7-17)12-18-8-10-21(11-9-18)37(28,33)34/h3-5,8-11,14-15,17H,2,6-7,12-13,16H2,1H3,(H2,28,33,34). The Hall–Kier alpha value is -2.73. The van der Waals surface area contributed by atoms with Crippen LogP contribution in [0.25, 0.3) is 0 Å². The van der Waals surface area contributed by atoms with Gasteiger partial charge in [0.05, 0.1) is 11.5 Å². The Bertz CT molecular complexity index is 1450. The number of benzene rings is 2. The minimum Gasteiger partial charge on any atom is -0.461 e. The summed E-state index contributed by atoms with van der Waals surface area (Å²) in [6, 6.07) is 14.9. The molecular weight excluding hydrogens is 576 g/mol. The predicted octanol–water partition coefficient (Wildman–Crippen LogP) is 5.27. The molecule has 194 valence electrons. The summed E-state index contributed by atoms with van der Waals surface area (Å²) in [7, 11) is -3.76. The van der Waals surface area contributed by atoms with Crippen LogP contribution in [0.5, 0.6) is 0 Å². The molecule has 8 nitrogen and oxygen atoms in total. The molecule has 1 fully saturated rings. The number of rotatable bonds is 9. The maximum Gasteiger partial charge on any atom is 0.357 e. The first-order valence-corrected chi connectivity index (χ1v) is 15.2. The molecule has 5 rings (SSSR count). The molecule has 3 aromatic rings. The summed E-state index contributed by atoms with van der Waals surface area (Å²) in [6.07, 6.45) is 3.89. The summed E-state index contributed by atoms with van der Waals surface area (Å²) < 4.78 is 29.6. The van der Waals surface area contributed by atoms with Crippen molar-refractivity contribution < 1.29 is 17.9 Å². The number of thiazole rings is 1. The van der Waals surface area contributed by atoms with Gasteiger partial charge in [-0.05, 0) is 68.0 Å². The Labute approximate surface area is 228 Å². The molecule has 0 saturated heterocycles. The predicted molar refractivity (Wildman–Crippen MR) is 148 cm³/mol. The molecule has 0 radical (unpaired) electrons. The fourth-order valence-corrected chi connectivity index (χ4v) is 6.09. The van der Waals surface area contributed by atoms with Gasteiger partial charge in [-0.1, -0.05) is 34.1 Å². The van der Waals surface area contributed by atoms with Crippen LogP contribution >= 0.6 is 27.3 Å². The van der Waals surface area contributed by atoms with Crippen LogP contribution in [0, 0.1) is 5.92 Å². The third kappa shape index (κ3) is 5.90. The monoisotopic (exact) mass is 602 g/mol. The van der Waals surface area contributed by atoms with Gasteiger partial charge in [0.15, 0.2) is 10.8 Å². The molecule has 0 unspecified atom stereocenters. The summed E-state index contributed by atoms with van der Waals surface area (Å²) in [5.74, 6) is 0.195. The Kier molecular flexibility index (Phi) is 7.39. The largest absolute Gasteiger partial charge is 0.461 e. The number of anilines is 2. The Morgan fingerprint density at radius 3 is 2.57 bits per heavy atom. The van der Waals surface area contributed by atoms with Crippen LogP contribution in [0.1, 0.15) is 42.2 Å². The van der Waals surface area contributed by atoms with Crippen LogP contribution in [-0.4, -0.2) is 32.6 Å². The van der Waals surface area contributed by atoms with Crippen LogP contribution < -0.4 is 14.9 Å². The number of allylic oxidation sites excluding steroid dienone is 2. The second-order valence-electron chi connectivity index (χ2n) is 9.12. The number of esters is 1. The number of nitrogens with zero attached hydrogens (tertiary/aromatic N) is 3. The summed E-state index contributed by atoms with van der Waals surface area (Å²) in [5.41, 5.74) is 4.62. The molecule has 2 aromatic carbocycles. The molecular formula is C26H27BrN4O4S2. The lowest BCUT2D eigenvalue weighted by Gasteiger charge is -2.23. The summed E-state index contributed by atoms with van der Waals surface area (Å²) in [6.45, 7) is 2.63. The van der Waals surface area contributed by atoms with E-state index in [1.54, 1.807) is 24.4 Å². The van der Waals surface area contributed by atoms with E-state index in [0.717, 1.165) is 33.0 Å². The van der Waals surface area contributed by atoms with Crippen molar-refractivity contribution in [2.45, 2.75) is 37.5 Å². The van der Waals surface area contributed by atoms with Crippen LogP contribution in [-0.2, 0) is 21.2 Å². The molecule has 0 bridgehead atoms. The maximum absolute atomic E-state index is 12.3. The normalized spacial score (nSPS) is 16.0. The first-order valence-electron chi connectivity index (χ1n) is 12.0.